The van der Waals surface area contributed by atoms with Gasteiger partial charge in [-0.25, -0.2) is 14.8 Å². The van der Waals surface area contributed by atoms with E-state index in [4.69, 9.17) is 4.74 Å². The van der Waals surface area contributed by atoms with Gasteiger partial charge in [0.15, 0.2) is 11.5 Å². The molecule has 6 heteroatoms. The van der Waals surface area contributed by atoms with Gasteiger partial charge >= 0.3 is 5.97 Å². The highest BCUT2D eigenvalue weighted by Gasteiger charge is 2.28. The monoisotopic (exact) mass is 398 g/mol. The van der Waals surface area contributed by atoms with E-state index in [-0.39, 0.29) is 5.69 Å². The number of aromatic nitrogens is 3. The van der Waals surface area contributed by atoms with Crippen molar-refractivity contribution < 1.29 is 9.53 Å². The van der Waals surface area contributed by atoms with Crippen LogP contribution in [0, 0.1) is 0 Å². The first kappa shape index (κ1) is 18.4. The molecule has 0 unspecified atom stereocenters. The largest absolute Gasteiger partial charge is 0.464 e. The van der Waals surface area contributed by atoms with Gasteiger partial charge in [-0.2, -0.15) is 0 Å². The molecule has 1 aliphatic rings. The Labute approximate surface area is 174 Å². The first-order valence-electron chi connectivity index (χ1n) is 10.1. The van der Waals surface area contributed by atoms with Crippen molar-refractivity contribution in [3.05, 3.63) is 83.9 Å². The number of hydrogen-bond acceptors (Lipinski definition) is 5. The van der Waals surface area contributed by atoms with Crippen molar-refractivity contribution in [3.63, 3.8) is 0 Å². The van der Waals surface area contributed by atoms with Crippen molar-refractivity contribution in [2.75, 3.05) is 12.4 Å². The van der Waals surface area contributed by atoms with Gasteiger partial charge in [-0.3, -0.25) is 0 Å². The lowest BCUT2D eigenvalue weighted by atomic mass is 10.2. The van der Waals surface area contributed by atoms with Gasteiger partial charge in [0, 0.05) is 35.2 Å². The molecule has 5 rings (SSSR count). The lowest BCUT2D eigenvalue weighted by Gasteiger charge is -2.11. The van der Waals surface area contributed by atoms with Gasteiger partial charge in [0.25, 0.3) is 0 Å². The minimum absolute atomic E-state index is 0.226. The number of esters is 1. The summed E-state index contributed by atoms with van der Waals surface area (Å²) in [5.41, 5.74) is 4.33. The quantitative estimate of drug-likeness (QED) is 0.469. The van der Waals surface area contributed by atoms with Crippen LogP contribution in [0.4, 0.5) is 11.5 Å². The topological polar surface area (TPSA) is 69.0 Å². The van der Waals surface area contributed by atoms with Crippen molar-refractivity contribution in [2.24, 2.45) is 0 Å². The zero-order valence-electron chi connectivity index (χ0n) is 16.7. The van der Waals surface area contributed by atoms with Crippen LogP contribution >= 0.6 is 0 Å². The average molecular weight is 398 g/mol. The molecule has 2 heterocycles. The molecule has 1 fully saturated rings. The molecule has 1 aliphatic carbocycles. The Balaban J connectivity index is 1.42. The third-order valence-electron chi connectivity index (χ3n) is 5.39. The number of carbonyl (C=O) groups is 1. The summed E-state index contributed by atoms with van der Waals surface area (Å²) < 4.78 is 7.14. The SMILES string of the molecule is COC(=O)c1nc(C2CC2)cnc1Nc1ccc2c(ccn2Cc2ccccc2)c1. The van der Waals surface area contributed by atoms with Crippen LogP contribution in [0.15, 0.2) is 67.0 Å². The van der Waals surface area contributed by atoms with Crippen LogP contribution in [0.25, 0.3) is 10.9 Å². The lowest BCUT2D eigenvalue weighted by molar-refractivity contribution is 0.0594. The summed E-state index contributed by atoms with van der Waals surface area (Å²) >= 11 is 0. The number of hydrogen-bond donors (Lipinski definition) is 1. The normalized spacial score (nSPS) is 13.4. The third-order valence-corrected chi connectivity index (χ3v) is 5.39. The second-order valence-electron chi connectivity index (χ2n) is 7.59. The molecule has 0 radical (unpaired) electrons. The summed E-state index contributed by atoms with van der Waals surface area (Å²) in [6.45, 7) is 0.817. The minimum Gasteiger partial charge on any atom is -0.464 e. The van der Waals surface area contributed by atoms with Gasteiger partial charge in [-0.05, 0) is 42.7 Å². The van der Waals surface area contributed by atoms with Gasteiger partial charge in [0.05, 0.1) is 19.0 Å². The Morgan fingerprint density at radius 1 is 1.17 bits per heavy atom. The van der Waals surface area contributed by atoms with Crippen LogP contribution in [-0.2, 0) is 11.3 Å². The van der Waals surface area contributed by atoms with Crippen molar-refractivity contribution in [1.82, 2.24) is 14.5 Å². The predicted molar refractivity (Wildman–Crippen MR) is 116 cm³/mol. The van der Waals surface area contributed by atoms with Crippen LogP contribution in [-0.4, -0.2) is 27.6 Å². The van der Waals surface area contributed by atoms with E-state index >= 15 is 0 Å². The van der Waals surface area contributed by atoms with E-state index in [1.807, 2.05) is 18.2 Å². The maximum absolute atomic E-state index is 12.2. The highest BCUT2D eigenvalue weighted by molar-refractivity contribution is 5.94. The molecule has 0 spiro atoms. The number of benzene rings is 2. The van der Waals surface area contributed by atoms with E-state index in [0.717, 1.165) is 41.7 Å². The van der Waals surface area contributed by atoms with E-state index < -0.39 is 5.97 Å². The van der Waals surface area contributed by atoms with Crippen LogP contribution in [0.3, 0.4) is 0 Å². The van der Waals surface area contributed by atoms with E-state index in [1.54, 1.807) is 6.20 Å². The Bertz CT molecular complexity index is 1210. The van der Waals surface area contributed by atoms with Gasteiger partial charge in [-0.1, -0.05) is 30.3 Å². The van der Waals surface area contributed by atoms with Crippen LogP contribution in [0.5, 0.6) is 0 Å². The van der Waals surface area contributed by atoms with Gasteiger partial charge in [0.1, 0.15) is 0 Å². The summed E-state index contributed by atoms with van der Waals surface area (Å²) in [6.07, 6.45) is 6.03. The lowest BCUT2D eigenvalue weighted by Crippen LogP contribution is -2.11. The molecular weight excluding hydrogens is 376 g/mol. The second kappa shape index (κ2) is 7.63. The van der Waals surface area contributed by atoms with E-state index in [1.165, 1.54) is 12.7 Å². The molecule has 150 valence electrons. The number of nitrogens with zero attached hydrogens (tertiary/aromatic N) is 3. The number of fused-ring (bicyclic) bond motifs is 1. The van der Waals surface area contributed by atoms with Gasteiger partial charge in [0.2, 0.25) is 0 Å². The Morgan fingerprint density at radius 2 is 2.00 bits per heavy atom. The van der Waals surface area contributed by atoms with Crippen molar-refractivity contribution in [1.29, 1.82) is 0 Å². The highest BCUT2D eigenvalue weighted by atomic mass is 16.5. The van der Waals surface area contributed by atoms with Crippen molar-refractivity contribution in [2.45, 2.75) is 25.3 Å². The van der Waals surface area contributed by atoms with E-state index in [0.29, 0.717) is 11.7 Å². The molecule has 2 aromatic carbocycles. The standard InChI is InChI=1S/C24H22N4O2/c1-30-24(29)22-23(25-14-20(27-22)17-7-8-17)26-19-9-10-21-18(13-19)11-12-28(21)15-16-5-3-2-4-6-16/h2-6,9-14,17H,7-8,15H2,1H3,(H,25,26). The first-order chi connectivity index (χ1) is 14.7. The summed E-state index contributed by atoms with van der Waals surface area (Å²) in [6, 6.07) is 18.6. The summed E-state index contributed by atoms with van der Waals surface area (Å²) in [4.78, 5) is 21.2. The van der Waals surface area contributed by atoms with Crippen molar-refractivity contribution >= 4 is 28.4 Å². The molecular formula is C24H22N4O2. The van der Waals surface area contributed by atoms with Crippen LogP contribution < -0.4 is 5.32 Å². The molecule has 30 heavy (non-hydrogen) atoms. The molecule has 1 N–H and O–H groups in total. The van der Waals surface area contributed by atoms with Gasteiger partial charge < -0.3 is 14.6 Å². The van der Waals surface area contributed by atoms with Crippen LogP contribution in [0.2, 0.25) is 0 Å². The third kappa shape index (κ3) is 3.64. The molecule has 0 atom stereocenters. The number of nitrogens with one attached hydrogen (secondary N) is 1. The Kier molecular flexibility index (Phi) is 4.67. The average Bonchev–Trinajstić information content (AvgIpc) is 3.56. The molecule has 2 aromatic heterocycles. The smallest absolute Gasteiger partial charge is 0.360 e. The van der Waals surface area contributed by atoms with Crippen LogP contribution in [0.1, 0.15) is 40.5 Å². The first-order valence-corrected chi connectivity index (χ1v) is 10.1. The molecule has 4 aromatic rings. The Morgan fingerprint density at radius 3 is 2.77 bits per heavy atom. The number of carbonyl (C=O) groups excluding carboxylic acids is 1. The summed E-state index contributed by atoms with van der Waals surface area (Å²) in [5.74, 6) is 0.340. The molecule has 0 saturated heterocycles. The second-order valence-corrected chi connectivity index (χ2v) is 7.59. The minimum atomic E-state index is -0.484. The van der Waals surface area contributed by atoms with E-state index in [9.17, 15) is 4.79 Å². The molecule has 0 amide bonds. The zero-order chi connectivity index (χ0) is 20.5. The number of methoxy groups -OCH3 is 1. The molecule has 1 saturated carbocycles. The Hall–Kier alpha value is -3.67. The van der Waals surface area contributed by atoms with E-state index in [2.05, 4.69) is 62.4 Å². The number of ether oxygens (including phenoxy) is 1. The summed E-state index contributed by atoms with van der Waals surface area (Å²) in [5, 5.41) is 4.35. The molecule has 6 nitrogen and oxygen atoms in total. The molecule has 0 bridgehead atoms. The fourth-order valence-electron chi connectivity index (χ4n) is 3.64. The van der Waals surface area contributed by atoms with Crippen molar-refractivity contribution in [3.8, 4) is 0 Å². The zero-order valence-corrected chi connectivity index (χ0v) is 16.7. The fraction of sp³-hybridized carbons (Fsp3) is 0.208. The maximum atomic E-state index is 12.2. The fourth-order valence-corrected chi connectivity index (χ4v) is 3.64. The number of rotatable bonds is 6. The highest BCUT2D eigenvalue weighted by Crippen LogP contribution is 2.39. The maximum Gasteiger partial charge on any atom is 0.360 e. The number of anilines is 2. The predicted octanol–water partition coefficient (Wildman–Crippen LogP) is 4.89. The molecule has 0 aliphatic heterocycles. The summed E-state index contributed by atoms with van der Waals surface area (Å²) in [7, 11) is 1.36. The van der Waals surface area contributed by atoms with Gasteiger partial charge in [-0.15, -0.1) is 0 Å².